The number of hydrogen-bond acceptors (Lipinski definition) is 3. The maximum atomic E-state index is 6.31. The normalized spacial score (nSPS) is 16.2. The van der Waals surface area contributed by atoms with Gasteiger partial charge in [0.05, 0.1) is 6.61 Å². The van der Waals surface area contributed by atoms with Crippen LogP contribution in [-0.4, -0.2) is 19.5 Å². The lowest BCUT2D eigenvalue weighted by atomic mass is 9.84. The Morgan fingerprint density at radius 3 is 2.26 bits per heavy atom. The third-order valence-electron chi connectivity index (χ3n) is 7.46. The number of benzene rings is 3. The molecule has 3 aromatic rings. The minimum atomic E-state index is -0.283. The monoisotopic (exact) mass is 474 g/mol. The molecule has 3 heteroatoms. The largest absolute Gasteiger partial charge is 0.491 e. The zero-order valence-electron chi connectivity index (χ0n) is 21.8. The van der Waals surface area contributed by atoms with Gasteiger partial charge in [-0.25, -0.2) is 0 Å². The van der Waals surface area contributed by atoms with Crippen LogP contribution in [0.2, 0.25) is 0 Å². The van der Waals surface area contributed by atoms with Crippen molar-refractivity contribution in [3.05, 3.63) is 71.8 Å². The first-order valence-corrected chi connectivity index (χ1v) is 13.7. The number of hydrogen-bond donors (Lipinski definition) is 0. The third-order valence-corrected chi connectivity index (χ3v) is 7.46. The molecular weight excluding hydrogens is 432 g/mol. The lowest BCUT2D eigenvalue weighted by Gasteiger charge is -2.23. The Morgan fingerprint density at radius 2 is 1.51 bits per heavy atom. The van der Waals surface area contributed by atoms with Crippen molar-refractivity contribution in [2.24, 2.45) is 5.92 Å². The van der Waals surface area contributed by atoms with Gasteiger partial charge in [0.15, 0.2) is 6.29 Å². The van der Waals surface area contributed by atoms with E-state index in [1.165, 1.54) is 54.0 Å². The minimum absolute atomic E-state index is 0.283. The second-order valence-electron chi connectivity index (χ2n) is 10.1. The molecule has 3 nitrogen and oxygen atoms in total. The highest BCUT2D eigenvalue weighted by Gasteiger charge is 2.17. The van der Waals surface area contributed by atoms with Gasteiger partial charge in [-0.1, -0.05) is 82.9 Å². The van der Waals surface area contributed by atoms with Gasteiger partial charge < -0.3 is 14.2 Å². The summed E-state index contributed by atoms with van der Waals surface area (Å²) >= 11 is 0. The van der Waals surface area contributed by atoms with E-state index < -0.39 is 0 Å². The van der Waals surface area contributed by atoms with E-state index in [-0.39, 0.29) is 6.29 Å². The molecule has 0 spiro atoms. The van der Waals surface area contributed by atoms with Crippen LogP contribution in [0.25, 0.3) is 10.8 Å². The maximum absolute atomic E-state index is 6.31. The number of fused-ring (bicyclic) bond motifs is 1. The van der Waals surface area contributed by atoms with Crippen LogP contribution in [0.15, 0.2) is 60.7 Å². The Kier molecular flexibility index (Phi) is 9.48. The van der Waals surface area contributed by atoms with E-state index in [1.54, 1.807) is 0 Å². The molecule has 1 aliphatic carbocycles. The standard InChI is InChI=1S/C32H42O3/c1-4-24(3)21-32(35-31-18-15-28-22-25(5-2)11-12-29(28)23-31)34-20-19-33-30-16-13-27(14-17-30)26-9-7-6-8-10-26/h11-18,22-24,26,32H,4-10,19-21H2,1-3H3. The summed E-state index contributed by atoms with van der Waals surface area (Å²) < 4.78 is 18.4. The topological polar surface area (TPSA) is 27.7 Å². The average Bonchev–Trinajstić information content (AvgIpc) is 2.91. The highest BCUT2D eigenvalue weighted by atomic mass is 16.7. The first-order valence-electron chi connectivity index (χ1n) is 13.7. The van der Waals surface area contributed by atoms with Gasteiger partial charge in [-0.15, -0.1) is 0 Å². The molecule has 2 unspecified atom stereocenters. The van der Waals surface area contributed by atoms with Gasteiger partial charge in [0, 0.05) is 6.42 Å². The van der Waals surface area contributed by atoms with Crippen LogP contribution < -0.4 is 9.47 Å². The van der Waals surface area contributed by atoms with Crippen molar-refractivity contribution < 1.29 is 14.2 Å². The summed E-state index contributed by atoms with van der Waals surface area (Å²) in [6, 6.07) is 21.6. The summed E-state index contributed by atoms with van der Waals surface area (Å²) in [5, 5.41) is 2.45. The lowest BCUT2D eigenvalue weighted by Crippen LogP contribution is -2.25. The van der Waals surface area contributed by atoms with Crippen molar-refractivity contribution in [2.45, 2.75) is 84.3 Å². The van der Waals surface area contributed by atoms with Gasteiger partial charge in [-0.3, -0.25) is 0 Å². The van der Waals surface area contributed by atoms with Crippen LogP contribution >= 0.6 is 0 Å². The number of aryl methyl sites for hydroxylation is 1. The van der Waals surface area contributed by atoms with Crippen molar-refractivity contribution in [1.82, 2.24) is 0 Å². The predicted octanol–water partition coefficient (Wildman–Crippen LogP) is 8.69. The molecule has 1 aliphatic rings. The zero-order chi connectivity index (χ0) is 24.5. The first-order chi connectivity index (χ1) is 17.1. The molecule has 2 atom stereocenters. The molecule has 188 valence electrons. The smallest absolute Gasteiger partial charge is 0.200 e. The van der Waals surface area contributed by atoms with Gasteiger partial charge in [0.25, 0.3) is 0 Å². The van der Waals surface area contributed by atoms with Crippen molar-refractivity contribution in [3.8, 4) is 11.5 Å². The third kappa shape index (κ3) is 7.48. The Balaban J connectivity index is 1.30. The average molecular weight is 475 g/mol. The van der Waals surface area contributed by atoms with Gasteiger partial charge in [0.1, 0.15) is 18.1 Å². The number of rotatable bonds is 12. The van der Waals surface area contributed by atoms with Crippen molar-refractivity contribution >= 4 is 10.8 Å². The summed E-state index contributed by atoms with van der Waals surface area (Å²) in [4.78, 5) is 0. The molecule has 0 saturated heterocycles. The van der Waals surface area contributed by atoms with E-state index in [0.29, 0.717) is 19.1 Å². The predicted molar refractivity (Wildman–Crippen MR) is 146 cm³/mol. The second-order valence-corrected chi connectivity index (χ2v) is 10.1. The number of ether oxygens (including phenoxy) is 3. The molecule has 1 saturated carbocycles. The molecule has 35 heavy (non-hydrogen) atoms. The van der Waals surface area contributed by atoms with Crippen LogP contribution in [-0.2, 0) is 11.2 Å². The summed E-state index contributed by atoms with van der Waals surface area (Å²) in [6.45, 7) is 7.66. The van der Waals surface area contributed by atoms with Crippen LogP contribution in [0.4, 0.5) is 0 Å². The molecule has 0 aromatic heterocycles. The van der Waals surface area contributed by atoms with E-state index in [0.717, 1.165) is 36.7 Å². The summed E-state index contributed by atoms with van der Waals surface area (Å²) in [7, 11) is 0. The Labute approximate surface area is 211 Å². The summed E-state index contributed by atoms with van der Waals surface area (Å²) in [6.07, 6.45) is 9.48. The highest BCUT2D eigenvalue weighted by molar-refractivity contribution is 5.84. The Hall–Kier alpha value is -2.52. The van der Waals surface area contributed by atoms with E-state index in [9.17, 15) is 0 Å². The molecule has 0 aliphatic heterocycles. The first kappa shape index (κ1) is 25.6. The summed E-state index contributed by atoms with van der Waals surface area (Å²) in [5.41, 5.74) is 2.81. The minimum Gasteiger partial charge on any atom is -0.491 e. The highest BCUT2D eigenvalue weighted by Crippen LogP contribution is 2.33. The van der Waals surface area contributed by atoms with Gasteiger partial charge in [-0.2, -0.15) is 0 Å². The van der Waals surface area contributed by atoms with Gasteiger partial charge in [0.2, 0.25) is 0 Å². The second kappa shape index (κ2) is 13.0. The van der Waals surface area contributed by atoms with Crippen LogP contribution in [0.3, 0.4) is 0 Å². The SMILES string of the molecule is CCc1ccc2cc(OC(CC(C)CC)OCCOc3ccc(C4CCCCC4)cc3)ccc2c1. The van der Waals surface area contributed by atoms with Crippen molar-refractivity contribution in [2.75, 3.05) is 13.2 Å². The summed E-state index contributed by atoms with van der Waals surface area (Å²) in [5.74, 6) is 3.02. The molecule has 0 radical (unpaired) electrons. The fourth-order valence-corrected chi connectivity index (χ4v) is 4.97. The van der Waals surface area contributed by atoms with Crippen LogP contribution in [0, 0.1) is 5.92 Å². The van der Waals surface area contributed by atoms with Crippen LogP contribution in [0.5, 0.6) is 11.5 Å². The van der Waals surface area contributed by atoms with E-state index in [4.69, 9.17) is 14.2 Å². The Morgan fingerprint density at radius 1 is 0.800 bits per heavy atom. The molecule has 0 heterocycles. The van der Waals surface area contributed by atoms with E-state index >= 15 is 0 Å². The van der Waals surface area contributed by atoms with E-state index in [2.05, 4.69) is 81.4 Å². The fraction of sp³-hybridized carbons (Fsp3) is 0.500. The molecule has 0 N–H and O–H groups in total. The lowest BCUT2D eigenvalue weighted by molar-refractivity contribution is -0.0977. The molecule has 0 bridgehead atoms. The fourth-order valence-electron chi connectivity index (χ4n) is 4.97. The maximum Gasteiger partial charge on any atom is 0.200 e. The van der Waals surface area contributed by atoms with Gasteiger partial charge in [-0.05, 0) is 77.3 Å². The Bertz CT molecular complexity index is 1040. The molecule has 3 aromatic carbocycles. The van der Waals surface area contributed by atoms with Crippen molar-refractivity contribution in [3.63, 3.8) is 0 Å². The van der Waals surface area contributed by atoms with Gasteiger partial charge >= 0.3 is 0 Å². The molecular formula is C32H42O3. The van der Waals surface area contributed by atoms with E-state index in [1.807, 2.05) is 0 Å². The zero-order valence-corrected chi connectivity index (χ0v) is 21.8. The van der Waals surface area contributed by atoms with Crippen molar-refractivity contribution in [1.29, 1.82) is 0 Å². The molecule has 4 rings (SSSR count). The molecule has 0 amide bonds. The molecule has 1 fully saturated rings. The quantitative estimate of drug-likeness (QED) is 0.194. The van der Waals surface area contributed by atoms with Crippen LogP contribution in [0.1, 0.15) is 82.8 Å².